The first-order valence-corrected chi connectivity index (χ1v) is 7.06. The molecule has 9 heteroatoms. The van der Waals surface area contributed by atoms with Crippen molar-refractivity contribution in [3.8, 4) is 0 Å². The van der Waals surface area contributed by atoms with Gasteiger partial charge >= 0.3 is 0 Å². The number of nitrogens with zero attached hydrogens (tertiary/aromatic N) is 5. The Morgan fingerprint density at radius 1 is 1.33 bits per heavy atom. The standard InChI is InChI=1S/C12H15ClN6O2/c1-2-19-10-7(15-11(19)8(14)20)9(16-12(13)17-10)18-3-5-21-6-4-18/h2-6H2,1H3,(H2,14,20). The second-order valence-corrected chi connectivity index (χ2v) is 4.97. The smallest absolute Gasteiger partial charge is 0.284 e. The Kier molecular flexibility index (Phi) is 3.64. The number of nitrogens with two attached hydrogens (primary N) is 1. The SMILES string of the molecule is CCn1c(C(N)=O)nc2c(N3CCOCC3)nc(Cl)nc21. The van der Waals surface area contributed by atoms with Crippen molar-refractivity contribution in [2.45, 2.75) is 13.5 Å². The molecule has 1 amide bonds. The van der Waals surface area contributed by atoms with Crippen molar-refractivity contribution in [2.24, 2.45) is 5.73 Å². The van der Waals surface area contributed by atoms with Crippen molar-refractivity contribution in [1.29, 1.82) is 0 Å². The molecule has 0 radical (unpaired) electrons. The molecular formula is C12H15ClN6O2. The zero-order valence-electron chi connectivity index (χ0n) is 11.5. The summed E-state index contributed by atoms with van der Waals surface area (Å²) in [5.41, 5.74) is 6.44. The van der Waals surface area contributed by atoms with Crippen LogP contribution < -0.4 is 10.6 Å². The lowest BCUT2D eigenvalue weighted by Gasteiger charge is -2.27. The number of amides is 1. The zero-order valence-corrected chi connectivity index (χ0v) is 12.3. The van der Waals surface area contributed by atoms with E-state index in [9.17, 15) is 4.79 Å². The minimum Gasteiger partial charge on any atom is -0.378 e. The van der Waals surface area contributed by atoms with Gasteiger partial charge in [0, 0.05) is 19.6 Å². The summed E-state index contributed by atoms with van der Waals surface area (Å²) < 4.78 is 6.98. The van der Waals surface area contributed by atoms with Crippen molar-refractivity contribution in [2.75, 3.05) is 31.2 Å². The van der Waals surface area contributed by atoms with E-state index >= 15 is 0 Å². The Morgan fingerprint density at radius 2 is 2.05 bits per heavy atom. The Bertz CT molecular complexity index is 695. The van der Waals surface area contributed by atoms with Gasteiger partial charge in [0.25, 0.3) is 5.91 Å². The first kappa shape index (κ1) is 14.0. The van der Waals surface area contributed by atoms with E-state index in [4.69, 9.17) is 22.1 Å². The molecule has 0 saturated carbocycles. The molecule has 0 bridgehead atoms. The van der Waals surface area contributed by atoms with Crippen LogP contribution in [0, 0.1) is 0 Å². The molecule has 1 aliphatic rings. The van der Waals surface area contributed by atoms with Crippen molar-refractivity contribution >= 4 is 34.5 Å². The number of carbonyl (C=O) groups is 1. The number of morpholine rings is 1. The van der Waals surface area contributed by atoms with E-state index in [0.29, 0.717) is 49.8 Å². The molecule has 0 spiro atoms. The van der Waals surface area contributed by atoms with Gasteiger partial charge in [0.15, 0.2) is 17.0 Å². The fraction of sp³-hybridized carbons (Fsp3) is 0.500. The summed E-state index contributed by atoms with van der Waals surface area (Å²) in [6, 6.07) is 0. The number of hydrogen-bond acceptors (Lipinski definition) is 6. The maximum Gasteiger partial charge on any atom is 0.284 e. The molecule has 3 rings (SSSR count). The molecule has 1 aliphatic heterocycles. The van der Waals surface area contributed by atoms with E-state index in [0.717, 1.165) is 0 Å². The van der Waals surface area contributed by atoms with Crippen LogP contribution in [0.5, 0.6) is 0 Å². The summed E-state index contributed by atoms with van der Waals surface area (Å²) in [7, 11) is 0. The quantitative estimate of drug-likeness (QED) is 0.826. The molecule has 1 saturated heterocycles. The molecular weight excluding hydrogens is 296 g/mol. The van der Waals surface area contributed by atoms with Crippen LogP contribution in [-0.2, 0) is 11.3 Å². The molecule has 3 heterocycles. The number of ether oxygens (including phenoxy) is 1. The summed E-state index contributed by atoms with van der Waals surface area (Å²) in [5.74, 6) is 0.181. The lowest BCUT2D eigenvalue weighted by molar-refractivity contribution is 0.0987. The molecule has 21 heavy (non-hydrogen) atoms. The van der Waals surface area contributed by atoms with Crippen LogP contribution >= 0.6 is 11.6 Å². The molecule has 0 unspecified atom stereocenters. The van der Waals surface area contributed by atoms with Gasteiger partial charge < -0.3 is 19.9 Å². The molecule has 0 atom stereocenters. The van der Waals surface area contributed by atoms with Gasteiger partial charge in [-0.15, -0.1) is 0 Å². The van der Waals surface area contributed by atoms with Crippen molar-refractivity contribution in [3.63, 3.8) is 0 Å². The molecule has 2 aromatic heterocycles. The van der Waals surface area contributed by atoms with E-state index in [1.807, 2.05) is 11.8 Å². The van der Waals surface area contributed by atoms with E-state index in [2.05, 4.69) is 15.0 Å². The van der Waals surface area contributed by atoms with Gasteiger partial charge in [-0.1, -0.05) is 0 Å². The average Bonchev–Trinajstić information content (AvgIpc) is 2.85. The number of primary amides is 1. The van der Waals surface area contributed by atoms with Crippen molar-refractivity contribution in [1.82, 2.24) is 19.5 Å². The third kappa shape index (κ3) is 2.40. The number of halogens is 1. The summed E-state index contributed by atoms with van der Waals surface area (Å²) in [6.07, 6.45) is 0. The summed E-state index contributed by atoms with van der Waals surface area (Å²) in [5, 5.41) is 0.120. The second kappa shape index (κ2) is 5.45. The predicted octanol–water partition coefficient (Wildman–Crippen LogP) is 0.435. The first-order valence-electron chi connectivity index (χ1n) is 6.68. The number of aryl methyl sites for hydroxylation is 1. The summed E-state index contributed by atoms with van der Waals surface area (Å²) >= 11 is 6.02. The number of aromatic nitrogens is 4. The fourth-order valence-corrected chi connectivity index (χ4v) is 2.60. The minimum absolute atomic E-state index is 0.120. The van der Waals surface area contributed by atoms with E-state index in [1.54, 1.807) is 4.57 Å². The maximum atomic E-state index is 11.5. The van der Waals surface area contributed by atoms with Gasteiger partial charge in [-0.3, -0.25) is 4.79 Å². The van der Waals surface area contributed by atoms with Crippen LogP contribution in [-0.4, -0.2) is 51.7 Å². The molecule has 2 aromatic rings. The highest BCUT2D eigenvalue weighted by Gasteiger charge is 2.23. The predicted molar refractivity (Wildman–Crippen MR) is 77.6 cm³/mol. The van der Waals surface area contributed by atoms with Gasteiger partial charge in [-0.25, -0.2) is 4.98 Å². The minimum atomic E-state index is -0.598. The van der Waals surface area contributed by atoms with E-state index in [-0.39, 0.29) is 11.1 Å². The Labute approximate surface area is 125 Å². The Hall–Kier alpha value is -1.93. The number of carbonyl (C=O) groups excluding carboxylic acids is 1. The van der Waals surface area contributed by atoms with Crippen molar-refractivity contribution in [3.05, 3.63) is 11.1 Å². The van der Waals surface area contributed by atoms with Crippen LogP contribution in [0.2, 0.25) is 5.28 Å². The highest BCUT2D eigenvalue weighted by Crippen LogP contribution is 2.26. The van der Waals surface area contributed by atoms with Crippen LogP contribution in [0.4, 0.5) is 5.82 Å². The first-order chi connectivity index (χ1) is 10.1. The summed E-state index contributed by atoms with van der Waals surface area (Å²) in [6.45, 7) is 5.00. The maximum absolute atomic E-state index is 11.5. The largest absolute Gasteiger partial charge is 0.378 e. The van der Waals surface area contributed by atoms with Gasteiger partial charge in [0.05, 0.1) is 13.2 Å². The van der Waals surface area contributed by atoms with Gasteiger partial charge in [-0.2, -0.15) is 9.97 Å². The number of hydrogen-bond donors (Lipinski definition) is 1. The monoisotopic (exact) mass is 310 g/mol. The van der Waals surface area contributed by atoms with Crippen LogP contribution in [0.3, 0.4) is 0 Å². The normalized spacial score (nSPS) is 15.6. The average molecular weight is 311 g/mol. The second-order valence-electron chi connectivity index (χ2n) is 4.63. The molecule has 0 aliphatic carbocycles. The third-order valence-corrected chi connectivity index (χ3v) is 3.57. The Morgan fingerprint density at radius 3 is 2.67 bits per heavy atom. The highest BCUT2D eigenvalue weighted by atomic mass is 35.5. The third-order valence-electron chi connectivity index (χ3n) is 3.40. The lowest BCUT2D eigenvalue weighted by atomic mass is 10.4. The van der Waals surface area contributed by atoms with Gasteiger partial charge in [0.2, 0.25) is 11.1 Å². The zero-order chi connectivity index (χ0) is 15.0. The number of anilines is 1. The van der Waals surface area contributed by atoms with Crippen LogP contribution in [0.1, 0.15) is 17.5 Å². The summed E-state index contributed by atoms with van der Waals surface area (Å²) in [4.78, 5) is 26.4. The van der Waals surface area contributed by atoms with Crippen molar-refractivity contribution < 1.29 is 9.53 Å². The van der Waals surface area contributed by atoms with Crippen LogP contribution in [0.15, 0.2) is 0 Å². The van der Waals surface area contributed by atoms with E-state index < -0.39 is 5.91 Å². The molecule has 8 nitrogen and oxygen atoms in total. The highest BCUT2D eigenvalue weighted by molar-refractivity contribution is 6.28. The Balaban J connectivity index is 2.22. The van der Waals surface area contributed by atoms with E-state index in [1.165, 1.54) is 0 Å². The van der Waals surface area contributed by atoms with Gasteiger partial charge in [0.1, 0.15) is 0 Å². The molecule has 2 N–H and O–H groups in total. The number of fused-ring (bicyclic) bond motifs is 1. The fourth-order valence-electron chi connectivity index (χ4n) is 2.44. The molecule has 1 fully saturated rings. The number of rotatable bonds is 3. The lowest BCUT2D eigenvalue weighted by Crippen LogP contribution is -2.37. The topological polar surface area (TPSA) is 99.2 Å². The number of imidazole rings is 1. The van der Waals surface area contributed by atoms with Gasteiger partial charge in [-0.05, 0) is 18.5 Å². The molecule has 0 aromatic carbocycles. The van der Waals surface area contributed by atoms with Crippen LogP contribution in [0.25, 0.3) is 11.2 Å². The molecule has 112 valence electrons.